The first-order chi connectivity index (χ1) is 11.8. The van der Waals surface area contributed by atoms with E-state index in [0.29, 0.717) is 11.5 Å². The van der Waals surface area contributed by atoms with E-state index in [-0.39, 0.29) is 5.91 Å². The molecule has 4 rings (SSSR count). The Bertz CT molecular complexity index is 787. The number of aromatic amines is 1. The van der Waals surface area contributed by atoms with Gasteiger partial charge in [-0.2, -0.15) is 5.10 Å². The Morgan fingerprint density at radius 2 is 2.12 bits per heavy atom. The minimum absolute atomic E-state index is 0.0279. The number of furan rings is 1. The number of aromatic nitrogens is 2. The van der Waals surface area contributed by atoms with Crippen molar-refractivity contribution in [2.45, 2.75) is 6.54 Å². The molecule has 124 valence electrons. The van der Waals surface area contributed by atoms with Gasteiger partial charge in [-0.25, -0.2) is 0 Å². The van der Waals surface area contributed by atoms with Crippen LogP contribution in [0, 0.1) is 0 Å². The second-order valence-electron chi connectivity index (χ2n) is 5.79. The number of nitrogens with one attached hydrogen (secondary N) is 1. The molecule has 0 radical (unpaired) electrons. The predicted octanol–water partition coefficient (Wildman–Crippen LogP) is 2.69. The highest BCUT2D eigenvalue weighted by atomic mass is 32.1. The molecule has 0 bridgehead atoms. The summed E-state index contributed by atoms with van der Waals surface area (Å²) >= 11 is 1.78. The molecular weight excluding hydrogens is 324 g/mol. The van der Waals surface area contributed by atoms with Gasteiger partial charge < -0.3 is 9.32 Å². The lowest BCUT2D eigenvalue weighted by Gasteiger charge is -2.34. The number of hydrogen-bond donors (Lipinski definition) is 1. The number of carbonyl (C=O) groups excluding carboxylic acids is 1. The van der Waals surface area contributed by atoms with E-state index in [1.165, 1.54) is 4.88 Å². The molecule has 0 saturated carbocycles. The third-order valence-corrected chi connectivity index (χ3v) is 5.06. The number of H-pyrrole nitrogens is 1. The van der Waals surface area contributed by atoms with Crippen molar-refractivity contribution in [2.24, 2.45) is 0 Å². The summed E-state index contributed by atoms with van der Waals surface area (Å²) in [7, 11) is 0. The van der Waals surface area contributed by atoms with Crippen LogP contribution in [-0.4, -0.2) is 52.1 Å². The van der Waals surface area contributed by atoms with E-state index in [2.05, 4.69) is 32.6 Å². The third kappa shape index (κ3) is 3.13. The molecule has 1 aliphatic heterocycles. The molecule has 1 saturated heterocycles. The Morgan fingerprint density at radius 3 is 2.83 bits per heavy atom. The standard InChI is InChI=1S/C17H18N4O2S/c22-17(15-11-14(18-19-15)16-4-1-9-23-16)21-7-5-20(6-8-21)12-13-3-2-10-24-13/h1-4,9-11H,5-8,12H2,(H,18,19). The highest BCUT2D eigenvalue weighted by Crippen LogP contribution is 2.19. The molecule has 0 aliphatic carbocycles. The number of carbonyl (C=O) groups is 1. The fourth-order valence-electron chi connectivity index (χ4n) is 2.88. The number of hydrogen-bond acceptors (Lipinski definition) is 5. The first-order valence-corrected chi connectivity index (χ1v) is 8.81. The average Bonchev–Trinajstić information content (AvgIpc) is 3.36. The summed E-state index contributed by atoms with van der Waals surface area (Å²) in [5.74, 6) is 0.655. The molecule has 1 N–H and O–H groups in total. The fourth-order valence-corrected chi connectivity index (χ4v) is 3.63. The van der Waals surface area contributed by atoms with Crippen molar-refractivity contribution in [3.8, 4) is 11.5 Å². The normalized spacial score (nSPS) is 15.8. The Hall–Kier alpha value is -2.38. The van der Waals surface area contributed by atoms with Crippen LogP contribution in [0.5, 0.6) is 0 Å². The molecule has 0 atom stereocenters. The fraction of sp³-hybridized carbons (Fsp3) is 0.294. The number of piperazine rings is 1. The number of amides is 1. The van der Waals surface area contributed by atoms with Gasteiger partial charge in [-0.15, -0.1) is 11.3 Å². The van der Waals surface area contributed by atoms with Crippen molar-refractivity contribution in [3.63, 3.8) is 0 Å². The molecule has 7 heteroatoms. The zero-order valence-electron chi connectivity index (χ0n) is 13.1. The Labute approximate surface area is 143 Å². The van der Waals surface area contributed by atoms with Gasteiger partial charge in [-0.1, -0.05) is 6.07 Å². The van der Waals surface area contributed by atoms with Gasteiger partial charge in [0, 0.05) is 43.7 Å². The predicted molar refractivity (Wildman–Crippen MR) is 91.8 cm³/mol. The van der Waals surface area contributed by atoms with Crippen LogP contribution in [0.4, 0.5) is 0 Å². The van der Waals surface area contributed by atoms with Crippen LogP contribution in [0.2, 0.25) is 0 Å². The van der Waals surface area contributed by atoms with Crippen molar-refractivity contribution in [2.75, 3.05) is 26.2 Å². The van der Waals surface area contributed by atoms with Gasteiger partial charge >= 0.3 is 0 Å². The van der Waals surface area contributed by atoms with E-state index in [1.54, 1.807) is 23.7 Å². The molecule has 24 heavy (non-hydrogen) atoms. The quantitative estimate of drug-likeness (QED) is 0.792. The summed E-state index contributed by atoms with van der Waals surface area (Å²) in [5.41, 5.74) is 1.16. The maximum absolute atomic E-state index is 12.6. The molecule has 0 aromatic carbocycles. The Balaban J connectivity index is 1.36. The number of thiophene rings is 1. The molecule has 4 heterocycles. The minimum Gasteiger partial charge on any atom is -0.463 e. The van der Waals surface area contributed by atoms with Crippen molar-refractivity contribution < 1.29 is 9.21 Å². The molecule has 6 nitrogen and oxygen atoms in total. The molecule has 1 fully saturated rings. The zero-order valence-corrected chi connectivity index (χ0v) is 14.0. The summed E-state index contributed by atoms with van der Waals surface area (Å²) in [4.78, 5) is 18.2. The average molecular weight is 342 g/mol. The lowest BCUT2D eigenvalue weighted by Crippen LogP contribution is -2.48. The molecule has 1 amide bonds. The Kier molecular flexibility index (Phi) is 4.18. The van der Waals surface area contributed by atoms with E-state index < -0.39 is 0 Å². The van der Waals surface area contributed by atoms with Crippen LogP contribution in [0.25, 0.3) is 11.5 Å². The van der Waals surface area contributed by atoms with Gasteiger partial charge in [-0.3, -0.25) is 14.8 Å². The van der Waals surface area contributed by atoms with Gasteiger partial charge in [0.05, 0.1) is 6.26 Å². The largest absolute Gasteiger partial charge is 0.463 e. The van der Waals surface area contributed by atoms with Crippen LogP contribution in [-0.2, 0) is 6.54 Å². The first kappa shape index (κ1) is 15.2. The minimum atomic E-state index is -0.0279. The van der Waals surface area contributed by atoms with Crippen molar-refractivity contribution in [1.82, 2.24) is 20.0 Å². The van der Waals surface area contributed by atoms with Gasteiger partial charge in [0.1, 0.15) is 5.69 Å². The molecule has 3 aromatic heterocycles. The maximum atomic E-state index is 12.6. The highest BCUT2D eigenvalue weighted by molar-refractivity contribution is 7.09. The lowest BCUT2D eigenvalue weighted by atomic mass is 10.2. The molecule has 1 aliphatic rings. The van der Waals surface area contributed by atoms with Crippen molar-refractivity contribution in [1.29, 1.82) is 0 Å². The van der Waals surface area contributed by atoms with E-state index in [9.17, 15) is 4.79 Å². The van der Waals surface area contributed by atoms with Gasteiger partial charge in [0.2, 0.25) is 0 Å². The summed E-state index contributed by atoms with van der Waals surface area (Å²) in [6.45, 7) is 4.20. The highest BCUT2D eigenvalue weighted by Gasteiger charge is 2.24. The number of rotatable bonds is 4. The second-order valence-corrected chi connectivity index (χ2v) is 6.82. The first-order valence-electron chi connectivity index (χ1n) is 7.93. The maximum Gasteiger partial charge on any atom is 0.274 e. The van der Waals surface area contributed by atoms with Crippen molar-refractivity contribution in [3.05, 3.63) is 52.5 Å². The third-order valence-electron chi connectivity index (χ3n) is 4.20. The van der Waals surface area contributed by atoms with Gasteiger partial charge in [-0.05, 0) is 23.6 Å². The zero-order chi connectivity index (χ0) is 16.4. The smallest absolute Gasteiger partial charge is 0.274 e. The summed E-state index contributed by atoms with van der Waals surface area (Å²) in [5, 5.41) is 9.11. The van der Waals surface area contributed by atoms with E-state index in [1.807, 2.05) is 17.0 Å². The molecule has 0 unspecified atom stereocenters. The summed E-state index contributed by atoms with van der Waals surface area (Å²) < 4.78 is 5.32. The van der Waals surface area contributed by atoms with E-state index in [4.69, 9.17) is 4.42 Å². The monoisotopic (exact) mass is 342 g/mol. The number of nitrogens with zero attached hydrogens (tertiary/aromatic N) is 3. The van der Waals surface area contributed by atoms with Crippen LogP contribution in [0.3, 0.4) is 0 Å². The topological polar surface area (TPSA) is 65.4 Å². The van der Waals surface area contributed by atoms with E-state index >= 15 is 0 Å². The molecule has 0 spiro atoms. The van der Waals surface area contributed by atoms with Crippen LogP contribution < -0.4 is 0 Å². The summed E-state index contributed by atoms with van der Waals surface area (Å²) in [6, 6.07) is 9.63. The summed E-state index contributed by atoms with van der Waals surface area (Å²) in [6.07, 6.45) is 1.60. The van der Waals surface area contributed by atoms with Gasteiger partial charge in [0.15, 0.2) is 11.5 Å². The SMILES string of the molecule is O=C(c1cc(-c2ccco2)[nH]n1)N1CCN(Cc2cccs2)CC1. The van der Waals surface area contributed by atoms with Crippen LogP contribution in [0.1, 0.15) is 15.4 Å². The van der Waals surface area contributed by atoms with Crippen LogP contribution >= 0.6 is 11.3 Å². The van der Waals surface area contributed by atoms with Gasteiger partial charge in [0.25, 0.3) is 5.91 Å². The second kappa shape index (κ2) is 6.62. The lowest BCUT2D eigenvalue weighted by molar-refractivity contribution is 0.0624. The van der Waals surface area contributed by atoms with E-state index in [0.717, 1.165) is 38.4 Å². The van der Waals surface area contributed by atoms with Crippen molar-refractivity contribution >= 4 is 17.2 Å². The molecule has 3 aromatic rings. The molecular formula is C17H18N4O2S. The Morgan fingerprint density at radius 1 is 1.25 bits per heavy atom. The van der Waals surface area contributed by atoms with Crippen LogP contribution in [0.15, 0.2) is 46.4 Å².